The third-order valence-corrected chi connectivity index (χ3v) is 8.37. The Bertz CT molecular complexity index is 1480. The van der Waals surface area contributed by atoms with Crippen molar-refractivity contribution in [3.05, 3.63) is 35.2 Å². The fourth-order valence-electron chi connectivity index (χ4n) is 5.98. The standard InChI is InChI=1S/C30H41ClN8O3/c1-18-6-8-20(9-7-18)17-39-26-23(13-24(27(32)36-41)34-25(26)21-12-22(31)15-33-14-21)35-28(39)38-11-10-37(16-19(38)2)29(40)42-30(3,4)5/h12-15,18-20,41H,6-11,16-17H2,1-5H3,(H2,32,36). The quantitative estimate of drug-likeness (QED) is 0.170. The van der Waals surface area contributed by atoms with Gasteiger partial charge in [0.05, 0.1) is 21.7 Å². The lowest BCUT2D eigenvalue weighted by atomic mass is 9.83. The van der Waals surface area contributed by atoms with Gasteiger partial charge in [-0.25, -0.2) is 14.8 Å². The molecule has 0 bridgehead atoms. The summed E-state index contributed by atoms with van der Waals surface area (Å²) >= 11 is 6.36. The topological polar surface area (TPSA) is 135 Å². The average molecular weight is 597 g/mol. The van der Waals surface area contributed by atoms with Crippen molar-refractivity contribution in [2.24, 2.45) is 22.7 Å². The van der Waals surface area contributed by atoms with E-state index in [0.29, 0.717) is 53.0 Å². The Balaban J connectivity index is 1.61. The summed E-state index contributed by atoms with van der Waals surface area (Å²) in [6, 6.07) is 3.56. The Kier molecular flexibility index (Phi) is 8.50. The summed E-state index contributed by atoms with van der Waals surface area (Å²) in [5.74, 6) is 1.93. The van der Waals surface area contributed by atoms with Crippen LogP contribution in [0.4, 0.5) is 10.7 Å². The molecule has 1 aliphatic heterocycles. The number of oxime groups is 1. The fraction of sp³-hybridized carbons (Fsp3) is 0.567. The van der Waals surface area contributed by atoms with Crippen molar-refractivity contribution < 1.29 is 14.7 Å². The first kappa shape index (κ1) is 29.9. The van der Waals surface area contributed by atoms with Gasteiger partial charge in [0.25, 0.3) is 0 Å². The lowest BCUT2D eigenvalue weighted by Crippen LogP contribution is -2.55. The molecule has 3 aromatic rings. The molecule has 3 N–H and O–H groups in total. The maximum atomic E-state index is 12.9. The molecule has 226 valence electrons. The van der Waals surface area contributed by atoms with Crippen molar-refractivity contribution in [1.29, 1.82) is 0 Å². The Hall–Kier alpha value is -3.60. The third-order valence-electron chi connectivity index (χ3n) is 8.17. The van der Waals surface area contributed by atoms with Gasteiger partial charge in [0, 0.05) is 50.2 Å². The number of fused-ring (bicyclic) bond motifs is 1. The van der Waals surface area contributed by atoms with E-state index in [-0.39, 0.29) is 18.0 Å². The molecular formula is C30H41ClN8O3. The molecule has 0 radical (unpaired) electrons. The van der Waals surface area contributed by atoms with Crippen LogP contribution in [-0.2, 0) is 11.3 Å². The van der Waals surface area contributed by atoms with E-state index in [1.54, 1.807) is 23.4 Å². The summed E-state index contributed by atoms with van der Waals surface area (Å²) in [5.41, 5.74) is 8.64. The van der Waals surface area contributed by atoms with Gasteiger partial charge in [-0.05, 0) is 64.5 Å². The maximum Gasteiger partial charge on any atom is 0.410 e. The summed E-state index contributed by atoms with van der Waals surface area (Å²) in [5, 5.41) is 13.1. The molecular weight excluding hydrogens is 556 g/mol. The highest BCUT2D eigenvalue weighted by Gasteiger charge is 2.34. The summed E-state index contributed by atoms with van der Waals surface area (Å²) in [4.78, 5) is 31.2. The molecule has 2 aliphatic rings. The largest absolute Gasteiger partial charge is 0.444 e. The predicted molar refractivity (Wildman–Crippen MR) is 164 cm³/mol. The number of amidine groups is 1. The molecule has 12 heteroatoms. The number of halogens is 1. The molecule has 0 aromatic carbocycles. The highest BCUT2D eigenvalue weighted by Crippen LogP contribution is 2.37. The van der Waals surface area contributed by atoms with Crippen LogP contribution < -0.4 is 10.6 Å². The number of anilines is 1. The fourth-order valence-corrected chi connectivity index (χ4v) is 6.15. The monoisotopic (exact) mass is 596 g/mol. The highest BCUT2D eigenvalue weighted by atomic mass is 35.5. The SMILES string of the molecule is CC1CCC(Cn2c(N3CCN(C(=O)OC(C)(C)C)CC3C)nc3cc(/C(N)=N\O)nc(-c4cncc(Cl)c4)c32)CC1. The van der Waals surface area contributed by atoms with Crippen LogP contribution in [0.15, 0.2) is 29.7 Å². The number of pyridine rings is 2. The molecule has 1 amide bonds. The molecule has 1 saturated carbocycles. The lowest BCUT2D eigenvalue weighted by molar-refractivity contribution is 0.0217. The Morgan fingerprint density at radius 2 is 1.88 bits per heavy atom. The van der Waals surface area contributed by atoms with Crippen molar-refractivity contribution in [2.75, 3.05) is 24.5 Å². The number of rotatable bonds is 5. The van der Waals surface area contributed by atoms with Gasteiger partial charge < -0.3 is 30.0 Å². The molecule has 1 aliphatic carbocycles. The number of aromatic nitrogens is 4. The molecule has 0 spiro atoms. The van der Waals surface area contributed by atoms with Crippen LogP contribution in [0.25, 0.3) is 22.3 Å². The van der Waals surface area contributed by atoms with Crippen LogP contribution in [-0.4, -0.2) is 72.8 Å². The second kappa shape index (κ2) is 11.9. The van der Waals surface area contributed by atoms with E-state index in [4.69, 9.17) is 32.0 Å². The first-order valence-corrected chi connectivity index (χ1v) is 15.1. The van der Waals surface area contributed by atoms with E-state index < -0.39 is 5.60 Å². The molecule has 2 fully saturated rings. The molecule has 11 nitrogen and oxygen atoms in total. The minimum atomic E-state index is -0.557. The maximum absolute atomic E-state index is 12.9. The molecule has 1 unspecified atom stereocenters. The van der Waals surface area contributed by atoms with Crippen molar-refractivity contribution in [3.8, 4) is 11.3 Å². The second-order valence-corrected chi connectivity index (χ2v) is 13.2. The number of amides is 1. The van der Waals surface area contributed by atoms with E-state index in [2.05, 4.69) is 33.5 Å². The summed E-state index contributed by atoms with van der Waals surface area (Å²) in [6.45, 7) is 12.5. The van der Waals surface area contributed by atoms with Gasteiger partial charge in [-0.1, -0.05) is 36.5 Å². The Morgan fingerprint density at radius 3 is 2.52 bits per heavy atom. The van der Waals surface area contributed by atoms with Crippen LogP contribution in [0.1, 0.15) is 66.0 Å². The first-order chi connectivity index (χ1) is 19.9. The highest BCUT2D eigenvalue weighted by molar-refractivity contribution is 6.30. The van der Waals surface area contributed by atoms with Crippen molar-refractivity contribution >= 4 is 40.5 Å². The zero-order valence-electron chi connectivity index (χ0n) is 25.0. The molecule has 5 rings (SSSR count). The number of hydrogen-bond donors (Lipinski definition) is 2. The number of nitrogens with two attached hydrogens (primary N) is 1. The number of carbonyl (C=O) groups is 1. The van der Waals surface area contributed by atoms with Crippen molar-refractivity contribution in [1.82, 2.24) is 24.4 Å². The van der Waals surface area contributed by atoms with Crippen LogP contribution >= 0.6 is 11.6 Å². The molecule has 42 heavy (non-hydrogen) atoms. The summed E-state index contributed by atoms with van der Waals surface area (Å²) in [6.07, 6.45) is 7.68. The molecule has 3 aromatic heterocycles. The van der Waals surface area contributed by atoms with Gasteiger partial charge in [0.2, 0.25) is 5.95 Å². The van der Waals surface area contributed by atoms with Crippen LogP contribution in [0.5, 0.6) is 0 Å². The van der Waals surface area contributed by atoms with Gasteiger partial charge >= 0.3 is 6.09 Å². The Labute approximate surface area is 251 Å². The number of carbonyl (C=O) groups excluding carboxylic acids is 1. The van der Waals surface area contributed by atoms with E-state index >= 15 is 0 Å². The zero-order chi connectivity index (χ0) is 30.2. The summed E-state index contributed by atoms with van der Waals surface area (Å²) in [7, 11) is 0. The minimum Gasteiger partial charge on any atom is -0.444 e. The third kappa shape index (κ3) is 6.40. The van der Waals surface area contributed by atoms with Gasteiger partial charge in [-0.3, -0.25) is 4.98 Å². The molecule has 1 saturated heterocycles. The lowest BCUT2D eigenvalue weighted by Gasteiger charge is -2.41. The summed E-state index contributed by atoms with van der Waals surface area (Å²) < 4.78 is 7.92. The number of piperazine rings is 1. The zero-order valence-corrected chi connectivity index (χ0v) is 25.8. The van der Waals surface area contributed by atoms with Crippen LogP contribution in [0, 0.1) is 11.8 Å². The van der Waals surface area contributed by atoms with Crippen molar-refractivity contribution in [3.63, 3.8) is 0 Å². The first-order valence-electron chi connectivity index (χ1n) is 14.7. The second-order valence-electron chi connectivity index (χ2n) is 12.7. The normalized spacial score (nSPS) is 22.0. The van der Waals surface area contributed by atoms with Gasteiger partial charge in [0.1, 0.15) is 11.3 Å². The molecule has 4 heterocycles. The van der Waals surface area contributed by atoms with Gasteiger partial charge in [-0.15, -0.1) is 0 Å². The number of imidazole rings is 1. The van der Waals surface area contributed by atoms with Crippen molar-refractivity contribution in [2.45, 2.75) is 78.5 Å². The van der Waals surface area contributed by atoms with E-state index in [0.717, 1.165) is 36.8 Å². The van der Waals surface area contributed by atoms with E-state index in [1.807, 2.05) is 26.8 Å². The Morgan fingerprint density at radius 1 is 1.14 bits per heavy atom. The number of hydrogen-bond acceptors (Lipinski definition) is 8. The number of nitrogens with zero attached hydrogens (tertiary/aromatic N) is 7. The van der Waals surface area contributed by atoms with E-state index in [1.165, 1.54) is 12.8 Å². The molecule has 1 atom stereocenters. The smallest absolute Gasteiger partial charge is 0.410 e. The van der Waals surface area contributed by atoms with Gasteiger partial charge in [0.15, 0.2) is 5.84 Å². The van der Waals surface area contributed by atoms with E-state index in [9.17, 15) is 10.0 Å². The minimum absolute atomic E-state index is 0.0130. The number of ether oxygens (including phenoxy) is 1. The van der Waals surface area contributed by atoms with Gasteiger partial charge in [-0.2, -0.15) is 0 Å². The van der Waals surface area contributed by atoms with Crippen LogP contribution in [0.3, 0.4) is 0 Å². The van der Waals surface area contributed by atoms with Crippen LogP contribution in [0.2, 0.25) is 5.02 Å². The average Bonchev–Trinajstić information content (AvgIpc) is 3.30. The predicted octanol–water partition coefficient (Wildman–Crippen LogP) is 5.51.